The molecule has 0 aliphatic rings. The summed E-state index contributed by atoms with van der Waals surface area (Å²) in [6.45, 7) is 4.02. The number of pyridine rings is 1. The van der Waals surface area contributed by atoms with Gasteiger partial charge >= 0.3 is 0 Å². The first-order valence-electron chi connectivity index (χ1n) is 5.96. The number of nitrogens with zero attached hydrogens (tertiary/aromatic N) is 1. The molecule has 0 saturated carbocycles. The first kappa shape index (κ1) is 14.0. The molecule has 1 unspecified atom stereocenters. The molecule has 0 saturated heterocycles. The second kappa shape index (κ2) is 5.72. The SMILES string of the molecule is COc1cncc(C(O)c2cc(C)c(Br)c(C)c2)c1. The lowest BCUT2D eigenvalue weighted by atomic mass is 9.99. The number of rotatable bonds is 3. The van der Waals surface area contributed by atoms with Gasteiger partial charge in [-0.1, -0.05) is 28.1 Å². The Balaban J connectivity index is 2.40. The van der Waals surface area contributed by atoms with E-state index in [2.05, 4.69) is 20.9 Å². The van der Waals surface area contributed by atoms with Gasteiger partial charge in [0.05, 0.1) is 13.3 Å². The van der Waals surface area contributed by atoms with E-state index in [1.807, 2.05) is 26.0 Å². The van der Waals surface area contributed by atoms with Crippen molar-refractivity contribution in [3.8, 4) is 5.75 Å². The maximum atomic E-state index is 10.4. The standard InChI is InChI=1S/C15H16BrNO2/c1-9-4-11(5-10(2)14(9)16)15(18)12-6-13(19-3)8-17-7-12/h4-8,15,18H,1-3H3. The van der Waals surface area contributed by atoms with Crippen LogP contribution in [0.25, 0.3) is 0 Å². The van der Waals surface area contributed by atoms with Crippen LogP contribution in [0, 0.1) is 13.8 Å². The first-order valence-corrected chi connectivity index (χ1v) is 6.76. The molecule has 0 radical (unpaired) electrons. The van der Waals surface area contributed by atoms with Gasteiger partial charge in [0.1, 0.15) is 11.9 Å². The van der Waals surface area contributed by atoms with E-state index in [0.29, 0.717) is 5.75 Å². The first-order chi connectivity index (χ1) is 9.02. The predicted molar refractivity (Wildman–Crippen MR) is 78.5 cm³/mol. The predicted octanol–water partition coefficient (Wildman–Crippen LogP) is 3.55. The molecule has 0 fully saturated rings. The van der Waals surface area contributed by atoms with Crippen LogP contribution in [0.2, 0.25) is 0 Å². The minimum absolute atomic E-state index is 0.641. The monoisotopic (exact) mass is 321 g/mol. The van der Waals surface area contributed by atoms with E-state index in [1.54, 1.807) is 25.6 Å². The van der Waals surface area contributed by atoms with Gasteiger partial charge in [0.15, 0.2) is 0 Å². The second-order valence-corrected chi connectivity index (χ2v) is 5.32. The zero-order valence-corrected chi connectivity index (χ0v) is 12.7. The van der Waals surface area contributed by atoms with Crippen molar-refractivity contribution < 1.29 is 9.84 Å². The van der Waals surface area contributed by atoms with E-state index in [0.717, 1.165) is 26.7 Å². The third kappa shape index (κ3) is 2.96. The number of ether oxygens (including phenoxy) is 1. The van der Waals surface area contributed by atoms with Gasteiger partial charge in [-0.25, -0.2) is 0 Å². The van der Waals surface area contributed by atoms with E-state index in [4.69, 9.17) is 4.74 Å². The molecule has 1 heterocycles. The lowest BCUT2D eigenvalue weighted by molar-refractivity contribution is 0.219. The molecule has 2 rings (SSSR count). The number of methoxy groups -OCH3 is 1. The Labute approximate surface area is 121 Å². The number of benzene rings is 1. The molecule has 1 N–H and O–H groups in total. The lowest BCUT2D eigenvalue weighted by Gasteiger charge is -2.15. The van der Waals surface area contributed by atoms with Crippen molar-refractivity contribution in [1.29, 1.82) is 0 Å². The molecule has 0 amide bonds. The topological polar surface area (TPSA) is 42.4 Å². The zero-order valence-electron chi connectivity index (χ0n) is 11.1. The maximum Gasteiger partial charge on any atom is 0.137 e. The number of aliphatic hydroxyl groups excluding tert-OH is 1. The number of halogens is 1. The van der Waals surface area contributed by atoms with Gasteiger partial charge < -0.3 is 9.84 Å². The Kier molecular flexibility index (Phi) is 4.22. The van der Waals surface area contributed by atoms with Crippen LogP contribution >= 0.6 is 15.9 Å². The van der Waals surface area contributed by atoms with Crippen molar-refractivity contribution in [2.24, 2.45) is 0 Å². The van der Waals surface area contributed by atoms with Crippen LogP contribution in [0.15, 0.2) is 35.1 Å². The molecule has 1 atom stereocenters. The smallest absolute Gasteiger partial charge is 0.137 e. The minimum atomic E-state index is -0.701. The molecule has 1 aromatic heterocycles. The third-order valence-electron chi connectivity index (χ3n) is 3.06. The van der Waals surface area contributed by atoms with E-state index < -0.39 is 6.10 Å². The Morgan fingerprint density at radius 1 is 1.11 bits per heavy atom. The largest absolute Gasteiger partial charge is 0.495 e. The Bertz CT molecular complexity index is 575. The summed E-state index contributed by atoms with van der Waals surface area (Å²) >= 11 is 3.53. The lowest BCUT2D eigenvalue weighted by Crippen LogP contribution is -2.02. The highest BCUT2D eigenvalue weighted by Gasteiger charge is 2.14. The van der Waals surface area contributed by atoms with Crippen molar-refractivity contribution in [1.82, 2.24) is 4.98 Å². The van der Waals surface area contributed by atoms with Gasteiger partial charge in [0.25, 0.3) is 0 Å². The molecule has 100 valence electrons. The van der Waals surface area contributed by atoms with Gasteiger partial charge in [-0.05, 0) is 36.6 Å². The van der Waals surface area contributed by atoms with Crippen LogP contribution in [0.1, 0.15) is 28.4 Å². The average molecular weight is 322 g/mol. The number of aromatic nitrogens is 1. The highest BCUT2D eigenvalue weighted by molar-refractivity contribution is 9.10. The minimum Gasteiger partial charge on any atom is -0.495 e. The van der Waals surface area contributed by atoms with Crippen LogP contribution in [0.4, 0.5) is 0 Å². The molecule has 4 heteroatoms. The summed E-state index contributed by atoms with van der Waals surface area (Å²) in [5.74, 6) is 0.641. The Hall–Kier alpha value is -1.39. The number of aryl methyl sites for hydroxylation is 2. The quantitative estimate of drug-likeness (QED) is 0.940. The Morgan fingerprint density at radius 2 is 1.74 bits per heavy atom. The number of hydrogen-bond acceptors (Lipinski definition) is 3. The van der Waals surface area contributed by atoms with Crippen molar-refractivity contribution in [3.63, 3.8) is 0 Å². The summed E-state index contributed by atoms with van der Waals surface area (Å²) in [4.78, 5) is 4.07. The molecular formula is C15H16BrNO2. The molecule has 0 aliphatic heterocycles. The number of aliphatic hydroxyl groups is 1. The third-order valence-corrected chi connectivity index (χ3v) is 4.31. The number of hydrogen-bond donors (Lipinski definition) is 1. The van der Waals surface area contributed by atoms with Gasteiger partial charge in [0.2, 0.25) is 0 Å². The van der Waals surface area contributed by atoms with Crippen molar-refractivity contribution in [2.75, 3.05) is 7.11 Å². The fourth-order valence-corrected chi connectivity index (χ4v) is 2.26. The van der Waals surface area contributed by atoms with Crippen molar-refractivity contribution in [2.45, 2.75) is 20.0 Å². The van der Waals surface area contributed by atoms with Crippen molar-refractivity contribution in [3.05, 3.63) is 57.3 Å². The summed E-state index contributed by atoms with van der Waals surface area (Å²) in [6.07, 6.45) is 2.57. The van der Waals surface area contributed by atoms with Crippen LogP contribution in [0.3, 0.4) is 0 Å². The highest BCUT2D eigenvalue weighted by Crippen LogP contribution is 2.29. The molecule has 1 aromatic carbocycles. The van der Waals surface area contributed by atoms with Gasteiger partial charge in [-0.3, -0.25) is 4.98 Å². The van der Waals surface area contributed by atoms with E-state index >= 15 is 0 Å². The highest BCUT2D eigenvalue weighted by atomic mass is 79.9. The normalized spacial score (nSPS) is 12.3. The second-order valence-electron chi connectivity index (χ2n) is 4.53. The fraction of sp³-hybridized carbons (Fsp3) is 0.267. The van der Waals surface area contributed by atoms with Gasteiger partial charge in [-0.15, -0.1) is 0 Å². The van der Waals surface area contributed by atoms with Crippen LogP contribution in [-0.4, -0.2) is 17.2 Å². The Morgan fingerprint density at radius 3 is 2.32 bits per heavy atom. The summed E-state index contributed by atoms with van der Waals surface area (Å²) in [5, 5.41) is 10.4. The summed E-state index contributed by atoms with van der Waals surface area (Å²) in [7, 11) is 1.58. The molecule has 3 nitrogen and oxygen atoms in total. The molecule has 0 spiro atoms. The van der Waals surface area contributed by atoms with E-state index in [1.165, 1.54) is 0 Å². The van der Waals surface area contributed by atoms with E-state index in [-0.39, 0.29) is 0 Å². The summed E-state index contributed by atoms with van der Waals surface area (Å²) < 4.78 is 6.20. The summed E-state index contributed by atoms with van der Waals surface area (Å²) in [6, 6.07) is 5.74. The average Bonchev–Trinajstić information content (AvgIpc) is 2.43. The van der Waals surface area contributed by atoms with Gasteiger partial charge in [0, 0.05) is 16.2 Å². The van der Waals surface area contributed by atoms with Crippen LogP contribution in [-0.2, 0) is 0 Å². The van der Waals surface area contributed by atoms with Crippen molar-refractivity contribution >= 4 is 15.9 Å². The molecule has 0 bridgehead atoms. The fourth-order valence-electron chi connectivity index (χ4n) is 2.03. The van der Waals surface area contributed by atoms with E-state index in [9.17, 15) is 5.11 Å². The maximum absolute atomic E-state index is 10.4. The molecular weight excluding hydrogens is 306 g/mol. The van der Waals surface area contributed by atoms with Crippen LogP contribution < -0.4 is 4.74 Å². The zero-order chi connectivity index (χ0) is 14.0. The summed E-state index contributed by atoms with van der Waals surface area (Å²) in [5.41, 5.74) is 3.78. The molecule has 0 aliphatic carbocycles. The molecule has 19 heavy (non-hydrogen) atoms. The molecule has 2 aromatic rings. The van der Waals surface area contributed by atoms with Gasteiger partial charge in [-0.2, -0.15) is 0 Å². The van der Waals surface area contributed by atoms with Crippen LogP contribution in [0.5, 0.6) is 5.75 Å².